The largest absolute Gasteiger partial charge is 0.439 e. The number of rotatable bonds is 1. The predicted octanol–water partition coefficient (Wildman–Crippen LogP) is 4.27. The lowest BCUT2D eigenvalue weighted by molar-refractivity contribution is 0.554. The number of fused-ring (bicyclic) bond motifs is 2. The van der Waals surface area contributed by atoms with Gasteiger partial charge in [-0.25, -0.2) is 4.99 Å². The van der Waals surface area contributed by atoms with Crippen molar-refractivity contribution in [2.75, 3.05) is 0 Å². The second-order valence-corrected chi connectivity index (χ2v) is 5.11. The Morgan fingerprint density at radius 1 is 1.21 bits per heavy atom. The summed E-state index contributed by atoms with van der Waals surface area (Å²) in [6, 6.07) is 9.80. The van der Waals surface area contributed by atoms with Crippen molar-refractivity contribution in [3.05, 3.63) is 65.9 Å². The van der Waals surface area contributed by atoms with Crippen molar-refractivity contribution in [3.63, 3.8) is 0 Å². The molecule has 19 heavy (non-hydrogen) atoms. The third-order valence-corrected chi connectivity index (χ3v) is 3.31. The van der Waals surface area contributed by atoms with Gasteiger partial charge < -0.3 is 4.74 Å². The summed E-state index contributed by atoms with van der Waals surface area (Å²) in [5.74, 6) is 2.08. The van der Waals surface area contributed by atoms with Crippen LogP contribution < -0.4 is 4.74 Å². The van der Waals surface area contributed by atoms with Gasteiger partial charge in [-0.1, -0.05) is 42.8 Å². The van der Waals surface area contributed by atoms with E-state index in [0.717, 1.165) is 18.6 Å². The number of ether oxygens (including phenoxy) is 1. The number of nitrogens with zero attached hydrogens (tertiary/aromatic N) is 1. The molecule has 0 saturated carbocycles. The molecular weight excluding hydrogens is 234 g/mol. The van der Waals surface area contributed by atoms with Gasteiger partial charge >= 0.3 is 0 Å². The Labute approximate surface area is 113 Å². The van der Waals surface area contributed by atoms with Crippen molar-refractivity contribution in [1.82, 2.24) is 0 Å². The van der Waals surface area contributed by atoms with Crippen LogP contribution in [0.15, 0.2) is 70.9 Å². The zero-order chi connectivity index (χ0) is 13.1. The minimum atomic E-state index is 0.577. The summed E-state index contributed by atoms with van der Waals surface area (Å²) >= 11 is 0. The fourth-order valence-electron chi connectivity index (χ4n) is 2.38. The topological polar surface area (TPSA) is 21.6 Å². The van der Waals surface area contributed by atoms with Crippen molar-refractivity contribution in [1.29, 1.82) is 0 Å². The highest BCUT2D eigenvalue weighted by atomic mass is 16.5. The minimum Gasteiger partial charge on any atom is -0.439 e. The summed E-state index contributed by atoms with van der Waals surface area (Å²) in [7, 11) is 0. The number of hydrogen-bond acceptors (Lipinski definition) is 2. The van der Waals surface area contributed by atoms with Crippen LogP contribution in [0.5, 0.6) is 5.75 Å². The fourth-order valence-corrected chi connectivity index (χ4v) is 2.38. The first kappa shape index (κ1) is 12.0. The van der Waals surface area contributed by atoms with Gasteiger partial charge in [0.25, 0.3) is 0 Å². The van der Waals surface area contributed by atoms with Crippen LogP contribution >= 0.6 is 0 Å². The molecule has 0 spiro atoms. The van der Waals surface area contributed by atoms with Crippen LogP contribution in [-0.2, 0) is 0 Å². The Hall–Kier alpha value is -2.09. The van der Waals surface area contributed by atoms with Gasteiger partial charge in [0, 0.05) is 12.3 Å². The lowest BCUT2D eigenvalue weighted by Gasteiger charge is -2.08. The third kappa shape index (κ3) is 3.02. The van der Waals surface area contributed by atoms with E-state index >= 15 is 0 Å². The van der Waals surface area contributed by atoms with E-state index in [-0.39, 0.29) is 0 Å². The quantitative estimate of drug-likeness (QED) is 0.730. The van der Waals surface area contributed by atoms with E-state index in [1.165, 1.54) is 11.1 Å². The normalized spacial score (nSPS) is 21.7. The molecule has 2 nitrogen and oxygen atoms in total. The van der Waals surface area contributed by atoms with Crippen molar-refractivity contribution in [3.8, 4) is 5.75 Å². The molecule has 1 heterocycles. The summed E-state index contributed by atoms with van der Waals surface area (Å²) in [4.78, 5) is 4.43. The van der Waals surface area contributed by atoms with Crippen LogP contribution in [0.1, 0.15) is 19.8 Å². The van der Waals surface area contributed by atoms with Crippen molar-refractivity contribution >= 4 is 5.90 Å². The summed E-state index contributed by atoms with van der Waals surface area (Å²) in [5.41, 5.74) is 2.64. The van der Waals surface area contributed by atoms with Crippen molar-refractivity contribution in [2.45, 2.75) is 19.8 Å². The Morgan fingerprint density at radius 2 is 2.05 bits per heavy atom. The number of benzene rings is 1. The number of allylic oxidation sites excluding steroid dienone is 4. The van der Waals surface area contributed by atoms with Gasteiger partial charge in [-0.05, 0) is 36.5 Å². The molecule has 0 aromatic heterocycles. The van der Waals surface area contributed by atoms with E-state index in [1.807, 2.05) is 36.5 Å². The first-order chi connectivity index (χ1) is 9.29. The molecule has 0 N–H and O–H groups in total. The Morgan fingerprint density at radius 3 is 2.89 bits per heavy atom. The second-order valence-electron chi connectivity index (χ2n) is 5.11. The summed E-state index contributed by atoms with van der Waals surface area (Å²) < 4.78 is 5.82. The molecule has 1 aromatic rings. The molecule has 1 unspecified atom stereocenters. The summed E-state index contributed by atoms with van der Waals surface area (Å²) in [6.07, 6.45) is 10.5. The average molecular weight is 251 g/mol. The standard InChI is InChI=1S/C17H17NO/c1-13-7-8-14-10-15(9-13)11-17(18-12-14)19-16-5-3-2-4-6-16/h2-8,11-13H,9-10H2,1H3. The second kappa shape index (κ2) is 5.27. The number of hydrogen-bond donors (Lipinski definition) is 0. The van der Waals surface area contributed by atoms with E-state index < -0.39 is 0 Å². The maximum absolute atomic E-state index is 5.82. The molecule has 1 aromatic carbocycles. The Bertz CT molecular complexity index is 579. The van der Waals surface area contributed by atoms with E-state index in [2.05, 4.69) is 30.1 Å². The smallest absolute Gasteiger partial charge is 0.219 e. The molecule has 0 fully saturated rings. The lowest BCUT2D eigenvalue weighted by Crippen LogP contribution is -2.05. The highest BCUT2D eigenvalue weighted by Crippen LogP contribution is 2.27. The zero-order valence-electron chi connectivity index (χ0n) is 11.0. The van der Waals surface area contributed by atoms with Crippen LogP contribution in [0.25, 0.3) is 0 Å². The lowest BCUT2D eigenvalue weighted by atomic mass is 10.0. The van der Waals surface area contributed by atoms with Gasteiger partial charge in [0.2, 0.25) is 5.90 Å². The fraction of sp³-hybridized carbons (Fsp3) is 0.235. The van der Waals surface area contributed by atoms with Crippen molar-refractivity contribution < 1.29 is 4.74 Å². The van der Waals surface area contributed by atoms with Crippen LogP contribution in [-0.4, -0.2) is 5.90 Å². The maximum Gasteiger partial charge on any atom is 0.219 e. The van der Waals surface area contributed by atoms with E-state index in [1.54, 1.807) is 0 Å². The minimum absolute atomic E-state index is 0.577. The van der Waals surface area contributed by atoms with Gasteiger partial charge in [0.15, 0.2) is 0 Å². The predicted molar refractivity (Wildman–Crippen MR) is 78.2 cm³/mol. The third-order valence-electron chi connectivity index (χ3n) is 3.31. The molecular formula is C17H17NO. The monoisotopic (exact) mass is 251 g/mol. The Balaban J connectivity index is 1.87. The molecule has 0 saturated heterocycles. The zero-order valence-corrected chi connectivity index (χ0v) is 11.0. The maximum atomic E-state index is 5.82. The van der Waals surface area contributed by atoms with E-state index in [4.69, 9.17) is 4.74 Å². The molecule has 1 aliphatic heterocycles. The molecule has 2 heteroatoms. The van der Waals surface area contributed by atoms with Gasteiger partial charge in [0.1, 0.15) is 5.75 Å². The van der Waals surface area contributed by atoms with Gasteiger partial charge in [-0.15, -0.1) is 0 Å². The number of aliphatic imine (C=N–C) groups is 1. The van der Waals surface area contributed by atoms with E-state index in [0.29, 0.717) is 11.8 Å². The molecule has 1 aliphatic carbocycles. The first-order valence-corrected chi connectivity index (χ1v) is 6.67. The van der Waals surface area contributed by atoms with Crippen LogP contribution in [0.4, 0.5) is 0 Å². The highest BCUT2D eigenvalue weighted by Gasteiger charge is 2.13. The molecule has 0 amide bonds. The van der Waals surface area contributed by atoms with E-state index in [9.17, 15) is 0 Å². The first-order valence-electron chi connectivity index (χ1n) is 6.67. The molecule has 2 aliphatic rings. The van der Waals surface area contributed by atoms with Gasteiger partial charge in [0.05, 0.1) is 0 Å². The molecule has 1 atom stereocenters. The highest BCUT2D eigenvalue weighted by molar-refractivity contribution is 5.91. The summed E-state index contributed by atoms with van der Waals surface area (Å²) in [5, 5.41) is 0. The number of para-hydroxylation sites is 1. The Kier molecular flexibility index (Phi) is 3.32. The van der Waals surface area contributed by atoms with Crippen LogP contribution in [0.3, 0.4) is 0 Å². The average Bonchev–Trinajstić information content (AvgIpc) is 2.70. The summed E-state index contributed by atoms with van der Waals surface area (Å²) in [6.45, 7) is 2.24. The van der Waals surface area contributed by atoms with Gasteiger partial charge in [-0.3, -0.25) is 0 Å². The SMILES string of the molecule is CC1C=CC2=CN=C(Oc3ccccc3)C=C(C2)C1. The van der Waals surface area contributed by atoms with Crippen LogP contribution in [0, 0.1) is 5.92 Å². The van der Waals surface area contributed by atoms with Crippen molar-refractivity contribution in [2.24, 2.45) is 10.9 Å². The van der Waals surface area contributed by atoms with Gasteiger partial charge in [-0.2, -0.15) is 0 Å². The molecule has 0 radical (unpaired) electrons. The molecule has 96 valence electrons. The van der Waals surface area contributed by atoms with Crippen LogP contribution in [0.2, 0.25) is 0 Å². The molecule has 3 rings (SSSR count). The molecule has 2 bridgehead atoms.